The standard InChI is InChI=1S/C16H28O2/c1-2-3-4-5-6-7-8-9-10-11-12-13-14-15-16(17)18/h6-7,9-10H,2-5,8,11-15H2,1H3,(H,17,18)/b7-6+,10-9+. The highest BCUT2D eigenvalue weighted by molar-refractivity contribution is 5.66. The highest BCUT2D eigenvalue weighted by atomic mass is 16.4. The van der Waals surface area contributed by atoms with Crippen molar-refractivity contribution in [2.75, 3.05) is 0 Å². The Kier molecular flexibility index (Phi) is 13.2. The zero-order valence-electron chi connectivity index (χ0n) is 11.7. The fourth-order valence-corrected chi connectivity index (χ4v) is 1.73. The van der Waals surface area contributed by atoms with Crippen LogP contribution in [0.3, 0.4) is 0 Å². The monoisotopic (exact) mass is 252 g/mol. The molecule has 0 aliphatic heterocycles. The topological polar surface area (TPSA) is 37.3 Å². The van der Waals surface area contributed by atoms with E-state index in [2.05, 4.69) is 31.2 Å². The molecular weight excluding hydrogens is 224 g/mol. The lowest BCUT2D eigenvalue weighted by atomic mass is 10.1. The molecule has 0 amide bonds. The van der Waals surface area contributed by atoms with Gasteiger partial charge in [-0.3, -0.25) is 4.79 Å². The lowest BCUT2D eigenvalue weighted by Crippen LogP contribution is -1.93. The molecule has 0 aromatic rings. The van der Waals surface area contributed by atoms with Crippen LogP contribution in [-0.2, 0) is 4.79 Å². The van der Waals surface area contributed by atoms with E-state index in [4.69, 9.17) is 5.11 Å². The summed E-state index contributed by atoms with van der Waals surface area (Å²) in [6.07, 6.45) is 19.4. The van der Waals surface area contributed by atoms with E-state index in [0.717, 1.165) is 32.1 Å². The van der Waals surface area contributed by atoms with Gasteiger partial charge in [0.2, 0.25) is 0 Å². The summed E-state index contributed by atoms with van der Waals surface area (Å²) in [6, 6.07) is 0. The predicted octanol–water partition coefficient (Wildman–Crippen LogP) is 5.10. The van der Waals surface area contributed by atoms with Gasteiger partial charge in [-0.25, -0.2) is 0 Å². The number of hydrogen-bond donors (Lipinski definition) is 1. The van der Waals surface area contributed by atoms with Crippen LogP contribution in [0, 0.1) is 0 Å². The van der Waals surface area contributed by atoms with Gasteiger partial charge in [0.25, 0.3) is 0 Å². The van der Waals surface area contributed by atoms with Crippen LogP contribution in [-0.4, -0.2) is 11.1 Å². The maximum atomic E-state index is 10.3. The summed E-state index contributed by atoms with van der Waals surface area (Å²) in [5.41, 5.74) is 0. The van der Waals surface area contributed by atoms with Gasteiger partial charge in [0.1, 0.15) is 0 Å². The minimum atomic E-state index is -0.682. The number of rotatable bonds is 12. The highest BCUT2D eigenvalue weighted by Crippen LogP contribution is 2.04. The molecule has 0 spiro atoms. The molecule has 0 aromatic carbocycles. The van der Waals surface area contributed by atoms with Gasteiger partial charge in [0, 0.05) is 6.42 Å². The van der Waals surface area contributed by atoms with Gasteiger partial charge in [-0.05, 0) is 38.5 Å². The summed E-state index contributed by atoms with van der Waals surface area (Å²) >= 11 is 0. The van der Waals surface area contributed by atoms with Gasteiger partial charge in [-0.1, -0.05) is 50.5 Å². The molecule has 0 saturated heterocycles. The molecular formula is C16H28O2. The summed E-state index contributed by atoms with van der Waals surface area (Å²) in [5, 5.41) is 8.47. The van der Waals surface area contributed by atoms with Gasteiger partial charge >= 0.3 is 5.97 Å². The second-order valence-corrected chi connectivity index (χ2v) is 4.67. The maximum Gasteiger partial charge on any atom is 0.303 e. The van der Waals surface area contributed by atoms with Crippen molar-refractivity contribution in [2.45, 2.75) is 71.1 Å². The van der Waals surface area contributed by atoms with Crippen molar-refractivity contribution in [3.8, 4) is 0 Å². The zero-order valence-corrected chi connectivity index (χ0v) is 11.7. The molecule has 0 aliphatic rings. The summed E-state index contributed by atoms with van der Waals surface area (Å²) in [5.74, 6) is -0.682. The molecule has 0 aromatic heterocycles. The molecule has 0 bridgehead atoms. The highest BCUT2D eigenvalue weighted by Gasteiger charge is 1.94. The molecule has 1 N–H and O–H groups in total. The molecule has 0 rings (SSSR count). The lowest BCUT2D eigenvalue weighted by molar-refractivity contribution is -0.137. The number of hydrogen-bond acceptors (Lipinski definition) is 1. The van der Waals surface area contributed by atoms with Crippen molar-refractivity contribution < 1.29 is 9.90 Å². The third-order valence-corrected chi connectivity index (χ3v) is 2.84. The number of allylic oxidation sites excluding steroid dienone is 4. The van der Waals surface area contributed by atoms with E-state index in [9.17, 15) is 4.79 Å². The van der Waals surface area contributed by atoms with Gasteiger partial charge < -0.3 is 5.11 Å². The molecule has 0 fully saturated rings. The van der Waals surface area contributed by atoms with Crippen LogP contribution in [0.1, 0.15) is 71.1 Å². The smallest absolute Gasteiger partial charge is 0.303 e. The Morgan fingerprint density at radius 3 is 2.06 bits per heavy atom. The second kappa shape index (κ2) is 14.0. The van der Waals surface area contributed by atoms with Crippen LogP contribution in [0.2, 0.25) is 0 Å². The Morgan fingerprint density at radius 1 is 0.889 bits per heavy atom. The average Bonchev–Trinajstić information content (AvgIpc) is 2.34. The van der Waals surface area contributed by atoms with Gasteiger partial charge in [-0.2, -0.15) is 0 Å². The quantitative estimate of drug-likeness (QED) is 0.387. The van der Waals surface area contributed by atoms with Crippen molar-refractivity contribution >= 4 is 5.97 Å². The summed E-state index contributed by atoms with van der Waals surface area (Å²) in [4.78, 5) is 10.3. The SMILES string of the molecule is CCCCC/C=C/C/C=C/CCCCCC(=O)O. The molecule has 0 aliphatic carbocycles. The van der Waals surface area contributed by atoms with E-state index in [1.54, 1.807) is 0 Å². The number of carboxylic acids is 1. The fraction of sp³-hybridized carbons (Fsp3) is 0.688. The van der Waals surface area contributed by atoms with Crippen molar-refractivity contribution in [3.05, 3.63) is 24.3 Å². The second-order valence-electron chi connectivity index (χ2n) is 4.67. The molecule has 18 heavy (non-hydrogen) atoms. The molecule has 0 unspecified atom stereocenters. The van der Waals surface area contributed by atoms with E-state index >= 15 is 0 Å². The van der Waals surface area contributed by atoms with Gasteiger partial charge in [0.05, 0.1) is 0 Å². The van der Waals surface area contributed by atoms with E-state index in [0.29, 0.717) is 6.42 Å². The van der Waals surface area contributed by atoms with Crippen LogP contribution in [0.4, 0.5) is 0 Å². The van der Waals surface area contributed by atoms with Crippen LogP contribution in [0.25, 0.3) is 0 Å². The third-order valence-electron chi connectivity index (χ3n) is 2.84. The van der Waals surface area contributed by atoms with Gasteiger partial charge in [-0.15, -0.1) is 0 Å². The van der Waals surface area contributed by atoms with Crippen molar-refractivity contribution in [1.82, 2.24) is 0 Å². The molecule has 0 radical (unpaired) electrons. The summed E-state index contributed by atoms with van der Waals surface area (Å²) in [7, 11) is 0. The number of carboxylic acid groups (broad SMARTS) is 1. The first-order valence-electron chi connectivity index (χ1n) is 7.29. The summed E-state index contributed by atoms with van der Waals surface area (Å²) in [6.45, 7) is 2.23. The van der Waals surface area contributed by atoms with Crippen LogP contribution in [0.5, 0.6) is 0 Å². The Balaban J connectivity index is 3.20. The first-order chi connectivity index (χ1) is 8.77. The van der Waals surface area contributed by atoms with Gasteiger partial charge in [0.15, 0.2) is 0 Å². The molecule has 0 atom stereocenters. The van der Waals surface area contributed by atoms with E-state index in [1.807, 2.05) is 0 Å². The van der Waals surface area contributed by atoms with Crippen molar-refractivity contribution in [1.29, 1.82) is 0 Å². The number of aliphatic carboxylic acids is 1. The zero-order chi connectivity index (χ0) is 13.5. The van der Waals surface area contributed by atoms with E-state index in [1.165, 1.54) is 25.7 Å². The van der Waals surface area contributed by atoms with Crippen LogP contribution < -0.4 is 0 Å². The number of carbonyl (C=O) groups is 1. The Bertz CT molecular complexity index is 241. The molecule has 104 valence electrons. The van der Waals surface area contributed by atoms with E-state index < -0.39 is 5.97 Å². The Morgan fingerprint density at radius 2 is 1.50 bits per heavy atom. The number of unbranched alkanes of at least 4 members (excludes halogenated alkanes) is 6. The lowest BCUT2D eigenvalue weighted by Gasteiger charge is -1.95. The predicted molar refractivity (Wildman–Crippen MR) is 77.8 cm³/mol. The van der Waals surface area contributed by atoms with Crippen molar-refractivity contribution in [3.63, 3.8) is 0 Å². The molecule has 0 saturated carbocycles. The third kappa shape index (κ3) is 14.9. The first-order valence-corrected chi connectivity index (χ1v) is 7.29. The minimum absolute atomic E-state index is 0.310. The molecule has 0 heterocycles. The Labute approximate surface area is 112 Å². The average molecular weight is 252 g/mol. The minimum Gasteiger partial charge on any atom is -0.481 e. The molecule has 2 heteroatoms. The van der Waals surface area contributed by atoms with E-state index in [-0.39, 0.29) is 0 Å². The Hall–Kier alpha value is -1.05. The maximum absolute atomic E-state index is 10.3. The van der Waals surface area contributed by atoms with Crippen molar-refractivity contribution in [2.24, 2.45) is 0 Å². The normalized spacial score (nSPS) is 11.6. The molecule has 2 nitrogen and oxygen atoms in total. The first kappa shape index (κ1) is 16.9. The van der Waals surface area contributed by atoms with Crippen LogP contribution >= 0.6 is 0 Å². The largest absolute Gasteiger partial charge is 0.481 e. The summed E-state index contributed by atoms with van der Waals surface area (Å²) < 4.78 is 0. The van der Waals surface area contributed by atoms with Crippen LogP contribution in [0.15, 0.2) is 24.3 Å². The fourth-order valence-electron chi connectivity index (χ4n) is 1.73.